The molecule has 1 aliphatic rings. The number of ether oxygens (including phenoxy) is 1. The van der Waals surface area contributed by atoms with Gasteiger partial charge in [0, 0.05) is 36.1 Å². The molecule has 0 saturated carbocycles. The summed E-state index contributed by atoms with van der Waals surface area (Å²) in [5, 5.41) is 2.78. The number of aromatic nitrogens is 2. The van der Waals surface area contributed by atoms with Crippen LogP contribution in [0.25, 0.3) is 11.3 Å². The maximum Gasteiger partial charge on any atom is 0.366 e. The molecule has 1 unspecified atom stereocenters. The molecule has 1 fully saturated rings. The highest BCUT2D eigenvalue weighted by molar-refractivity contribution is 7.10. The minimum absolute atomic E-state index is 0.0734. The molecule has 0 N–H and O–H groups in total. The van der Waals surface area contributed by atoms with E-state index in [2.05, 4.69) is 4.98 Å². The lowest BCUT2D eigenvalue weighted by Gasteiger charge is -2.33. The van der Waals surface area contributed by atoms with Gasteiger partial charge < -0.3 is 9.64 Å². The largest absolute Gasteiger partial charge is 0.496 e. The number of carbonyl (C=O) groups excluding carboxylic acids is 1. The van der Waals surface area contributed by atoms with Crippen molar-refractivity contribution in [2.75, 3.05) is 20.2 Å². The molecule has 1 atom stereocenters. The van der Waals surface area contributed by atoms with Crippen LogP contribution < -0.4 is 4.74 Å². The predicted molar refractivity (Wildman–Crippen MR) is 111 cm³/mol. The molecule has 0 radical (unpaired) electrons. The van der Waals surface area contributed by atoms with E-state index in [-0.39, 0.29) is 12.5 Å². The van der Waals surface area contributed by atoms with Crippen LogP contribution in [0.1, 0.15) is 29.5 Å². The van der Waals surface area contributed by atoms with Gasteiger partial charge in [-0.3, -0.25) is 9.78 Å². The van der Waals surface area contributed by atoms with Gasteiger partial charge in [-0.05, 0) is 37.1 Å². The summed E-state index contributed by atoms with van der Waals surface area (Å²) in [6, 6.07) is 11.8. The number of para-hydroxylation sites is 1. The highest BCUT2D eigenvalue weighted by Gasteiger charge is 2.46. The lowest BCUT2D eigenvalue weighted by molar-refractivity contribution is -0.160. The molecule has 8 heteroatoms. The first kappa shape index (κ1) is 20.4. The quantitative estimate of drug-likeness (QED) is 0.589. The summed E-state index contributed by atoms with van der Waals surface area (Å²) in [5.41, 5.74) is 1.15. The summed E-state index contributed by atoms with van der Waals surface area (Å²) in [7, 11) is 1.61. The lowest BCUT2D eigenvalue weighted by atomic mass is 9.97. The second-order valence-electron chi connectivity index (χ2n) is 7.15. The van der Waals surface area contributed by atoms with Crippen LogP contribution in [-0.4, -0.2) is 41.0 Å². The summed E-state index contributed by atoms with van der Waals surface area (Å²) < 4.78 is 34.8. The molecule has 1 aromatic carbocycles. The Morgan fingerprint density at radius 2 is 2.03 bits per heavy atom. The fourth-order valence-corrected chi connectivity index (χ4v) is 4.62. The van der Waals surface area contributed by atoms with E-state index in [4.69, 9.17) is 9.72 Å². The number of nitrogens with zero attached hydrogens (tertiary/aromatic N) is 3. The van der Waals surface area contributed by atoms with Crippen LogP contribution in [0.3, 0.4) is 0 Å². The summed E-state index contributed by atoms with van der Waals surface area (Å²) in [5.74, 6) is -4.19. The van der Waals surface area contributed by atoms with Crippen molar-refractivity contribution in [3.63, 3.8) is 0 Å². The number of hydrogen-bond donors (Lipinski definition) is 0. The van der Waals surface area contributed by atoms with Gasteiger partial charge in [0.25, 0.3) is 5.91 Å². The highest BCUT2D eigenvalue weighted by Crippen LogP contribution is 2.37. The van der Waals surface area contributed by atoms with Gasteiger partial charge in [0.15, 0.2) is 0 Å². The minimum Gasteiger partial charge on any atom is -0.496 e. The van der Waals surface area contributed by atoms with Crippen molar-refractivity contribution in [2.45, 2.75) is 24.7 Å². The van der Waals surface area contributed by atoms with Gasteiger partial charge in [-0.1, -0.05) is 18.2 Å². The number of rotatable bonds is 5. The number of carbonyl (C=O) groups is 1. The normalized spacial score (nSPS) is 17.0. The number of piperidine rings is 1. The maximum absolute atomic E-state index is 14.7. The topological polar surface area (TPSA) is 55.3 Å². The summed E-state index contributed by atoms with van der Waals surface area (Å²) in [4.78, 5) is 22.3. The van der Waals surface area contributed by atoms with Crippen molar-refractivity contribution >= 4 is 17.2 Å². The molecular formula is C22H21F2N3O2S. The molecule has 5 nitrogen and oxygen atoms in total. The Morgan fingerprint density at radius 1 is 1.23 bits per heavy atom. The number of amides is 1. The van der Waals surface area contributed by atoms with Crippen molar-refractivity contribution < 1.29 is 18.3 Å². The van der Waals surface area contributed by atoms with Crippen LogP contribution in [0.2, 0.25) is 0 Å². The van der Waals surface area contributed by atoms with Crippen molar-refractivity contribution in [2.24, 2.45) is 0 Å². The minimum atomic E-state index is -3.64. The molecule has 1 saturated heterocycles. The number of hydrogen-bond acceptors (Lipinski definition) is 5. The van der Waals surface area contributed by atoms with Crippen molar-refractivity contribution in [1.29, 1.82) is 0 Å². The van der Waals surface area contributed by atoms with E-state index in [1.54, 1.807) is 13.2 Å². The Hall–Kier alpha value is -2.87. The SMILES string of the molecule is COc1ccccc1-c1csc(C2CCCN(C(=O)C(F)(F)c3ccccn3)C2)n1. The Bertz CT molecular complexity index is 1030. The van der Waals surface area contributed by atoms with Gasteiger partial charge in [0.05, 0.1) is 17.8 Å². The van der Waals surface area contributed by atoms with Crippen LogP contribution in [-0.2, 0) is 10.7 Å². The molecule has 0 bridgehead atoms. The molecule has 0 spiro atoms. The second kappa shape index (κ2) is 8.47. The molecular weight excluding hydrogens is 408 g/mol. The van der Waals surface area contributed by atoms with Crippen LogP contribution >= 0.6 is 11.3 Å². The molecule has 156 valence electrons. The molecule has 1 amide bonds. The zero-order chi connectivity index (χ0) is 21.1. The second-order valence-corrected chi connectivity index (χ2v) is 8.04. The first-order valence-corrected chi connectivity index (χ1v) is 10.6. The number of likely N-dealkylation sites (tertiary alicyclic amines) is 1. The Labute approximate surface area is 177 Å². The summed E-state index contributed by atoms with van der Waals surface area (Å²) >= 11 is 1.48. The first-order chi connectivity index (χ1) is 14.5. The first-order valence-electron chi connectivity index (χ1n) is 9.68. The van der Waals surface area contributed by atoms with E-state index in [9.17, 15) is 13.6 Å². The fourth-order valence-electron chi connectivity index (χ4n) is 3.67. The number of pyridine rings is 1. The van der Waals surface area contributed by atoms with Gasteiger partial charge in [0.1, 0.15) is 11.4 Å². The van der Waals surface area contributed by atoms with Gasteiger partial charge in [-0.15, -0.1) is 11.3 Å². The third kappa shape index (κ3) is 3.92. The maximum atomic E-state index is 14.7. The van der Waals surface area contributed by atoms with E-state index >= 15 is 0 Å². The smallest absolute Gasteiger partial charge is 0.366 e. The average Bonchev–Trinajstić information content (AvgIpc) is 3.29. The van der Waals surface area contributed by atoms with E-state index in [0.717, 1.165) is 28.4 Å². The summed E-state index contributed by atoms with van der Waals surface area (Å²) in [6.07, 6.45) is 2.72. The molecule has 3 aromatic rings. The van der Waals surface area contributed by atoms with Crippen LogP contribution in [0.5, 0.6) is 5.75 Å². The van der Waals surface area contributed by atoms with E-state index < -0.39 is 17.5 Å². The van der Waals surface area contributed by atoms with Gasteiger partial charge in [-0.25, -0.2) is 4.98 Å². The molecule has 0 aliphatic carbocycles. The van der Waals surface area contributed by atoms with E-state index in [1.807, 2.05) is 29.6 Å². The lowest BCUT2D eigenvalue weighted by Crippen LogP contribution is -2.46. The molecule has 1 aliphatic heterocycles. The van der Waals surface area contributed by atoms with Gasteiger partial charge >= 0.3 is 5.92 Å². The van der Waals surface area contributed by atoms with Crippen molar-refractivity contribution in [3.05, 3.63) is 64.7 Å². The van der Waals surface area contributed by atoms with Gasteiger partial charge in [-0.2, -0.15) is 8.78 Å². The Balaban J connectivity index is 1.52. The monoisotopic (exact) mass is 429 g/mol. The van der Waals surface area contributed by atoms with Crippen LogP contribution in [0, 0.1) is 0 Å². The standard InChI is InChI=1S/C22H21F2N3O2S/c1-29-18-9-3-2-8-16(18)17-14-30-20(26-17)15-7-6-12-27(13-15)21(28)22(23,24)19-10-4-5-11-25-19/h2-5,8-11,14-15H,6-7,12-13H2,1H3. The third-order valence-electron chi connectivity index (χ3n) is 5.22. The number of alkyl halides is 2. The van der Waals surface area contributed by atoms with Crippen LogP contribution in [0.15, 0.2) is 54.0 Å². The Kier molecular flexibility index (Phi) is 5.76. The van der Waals surface area contributed by atoms with Crippen molar-refractivity contribution in [1.82, 2.24) is 14.9 Å². The fraction of sp³-hybridized carbons (Fsp3) is 0.318. The van der Waals surface area contributed by atoms with E-state index in [1.165, 1.54) is 34.6 Å². The predicted octanol–water partition coefficient (Wildman–Crippen LogP) is 4.71. The zero-order valence-electron chi connectivity index (χ0n) is 16.4. The molecule has 3 heterocycles. The molecule has 2 aromatic heterocycles. The zero-order valence-corrected chi connectivity index (χ0v) is 17.2. The van der Waals surface area contributed by atoms with Crippen molar-refractivity contribution in [3.8, 4) is 17.0 Å². The number of thiazole rings is 1. The number of methoxy groups -OCH3 is 1. The molecule has 4 rings (SSSR count). The van der Waals surface area contributed by atoms with E-state index in [0.29, 0.717) is 13.0 Å². The van der Waals surface area contributed by atoms with Crippen LogP contribution in [0.4, 0.5) is 8.78 Å². The highest BCUT2D eigenvalue weighted by atomic mass is 32.1. The number of halogens is 2. The Morgan fingerprint density at radius 3 is 2.80 bits per heavy atom. The molecule has 30 heavy (non-hydrogen) atoms. The summed E-state index contributed by atoms with van der Waals surface area (Å²) in [6.45, 7) is 0.530. The van der Waals surface area contributed by atoms with Gasteiger partial charge in [0.2, 0.25) is 0 Å². The third-order valence-corrected chi connectivity index (χ3v) is 6.23. The number of benzene rings is 1. The average molecular weight is 429 g/mol.